The molecule has 0 radical (unpaired) electrons. The number of nitrogens with two attached hydrogens (primary N) is 1. The maximum Gasteiger partial charge on any atom is 0.255 e. The Morgan fingerprint density at radius 3 is 2.62 bits per heavy atom. The molecule has 0 aliphatic carbocycles. The molecule has 0 aliphatic heterocycles. The Kier molecular flexibility index (Phi) is 4.73. The van der Waals surface area contributed by atoms with Gasteiger partial charge in [0.05, 0.1) is 19.9 Å². The van der Waals surface area contributed by atoms with Crippen molar-refractivity contribution in [2.45, 2.75) is 6.54 Å². The molecule has 1 heterocycles. The lowest BCUT2D eigenvalue weighted by atomic mass is 10.2. The number of ether oxygens (including phenoxy) is 2. The molecule has 0 atom stereocenters. The minimum atomic E-state index is -0.237. The Labute approximate surface area is 122 Å². The van der Waals surface area contributed by atoms with Crippen molar-refractivity contribution >= 4 is 11.6 Å². The molecule has 0 bridgehead atoms. The Morgan fingerprint density at radius 2 is 1.95 bits per heavy atom. The largest absolute Gasteiger partial charge is 0.493 e. The summed E-state index contributed by atoms with van der Waals surface area (Å²) in [5.41, 5.74) is 7.29. The number of methoxy groups -OCH3 is 2. The number of amides is 1. The molecule has 0 unspecified atom stereocenters. The first-order valence-corrected chi connectivity index (χ1v) is 6.36. The molecule has 0 saturated carbocycles. The van der Waals surface area contributed by atoms with Crippen LogP contribution >= 0.6 is 0 Å². The van der Waals surface area contributed by atoms with Crippen LogP contribution in [0.5, 0.6) is 11.5 Å². The quantitative estimate of drug-likeness (QED) is 0.875. The van der Waals surface area contributed by atoms with E-state index in [1.807, 2.05) is 0 Å². The van der Waals surface area contributed by atoms with Crippen molar-refractivity contribution in [2.24, 2.45) is 5.73 Å². The normalized spacial score (nSPS) is 10.0. The zero-order chi connectivity index (χ0) is 15.2. The summed E-state index contributed by atoms with van der Waals surface area (Å²) in [6.07, 6.45) is 1.56. The van der Waals surface area contributed by atoms with Gasteiger partial charge >= 0.3 is 0 Å². The lowest BCUT2D eigenvalue weighted by molar-refractivity contribution is 0.102. The van der Waals surface area contributed by atoms with E-state index in [1.165, 1.54) is 0 Å². The van der Waals surface area contributed by atoms with Crippen molar-refractivity contribution in [2.75, 3.05) is 19.5 Å². The van der Waals surface area contributed by atoms with Crippen LogP contribution in [0.15, 0.2) is 36.5 Å². The van der Waals surface area contributed by atoms with E-state index in [1.54, 1.807) is 50.7 Å². The number of anilines is 1. The average Bonchev–Trinajstić information content (AvgIpc) is 2.54. The first-order chi connectivity index (χ1) is 10.2. The lowest BCUT2D eigenvalue weighted by Crippen LogP contribution is -2.13. The second-order valence-corrected chi connectivity index (χ2v) is 4.26. The number of nitrogens with one attached hydrogen (secondary N) is 1. The summed E-state index contributed by atoms with van der Waals surface area (Å²) < 4.78 is 10.3. The van der Waals surface area contributed by atoms with Crippen LogP contribution in [0, 0.1) is 0 Å². The zero-order valence-electron chi connectivity index (χ0n) is 11.9. The second-order valence-electron chi connectivity index (χ2n) is 4.26. The molecule has 2 rings (SSSR count). The van der Waals surface area contributed by atoms with E-state index >= 15 is 0 Å². The third-order valence-electron chi connectivity index (χ3n) is 2.93. The molecule has 0 fully saturated rings. The molecule has 6 heteroatoms. The predicted octanol–water partition coefficient (Wildman–Crippen LogP) is 1.81. The summed E-state index contributed by atoms with van der Waals surface area (Å²) in [4.78, 5) is 16.2. The fraction of sp³-hybridized carbons (Fsp3) is 0.200. The third kappa shape index (κ3) is 3.49. The van der Waals surface area contributed by atoms with E-state index in [9.17, 15) is 4.79 Å². The average molecular weight is 287 g/mol. The highest BCUT2D eigenvalue weighted by Crippen LogP contribution is 2.29. The topological polar surface area (TPSA) is 86.5 Å². The number of nitrogens with zero attached hydrogens (tertiary/aromatic N) is 1. The summed E-state index contributed by atoms with van der Waals surface area (Å²) in [7, 11) is 3.10. The first-order valence-electron chi connectivity index (χ1n) is 6.36. The van der Waals surface area contributed by atoms with Gasteiger partial charge in [-0.05, 0) is 24.3 Å². The van der Waals surface area contributed by atoms with Crippen LogP contribution in [-0.2, 0) is 6.54 Å². The molecule has 1 aromatic heterocycles. The van der Waals surface area contributed by atoms with Crippen LogP contribution in [0.1, 0.15) is 16.1 Å². The number of hydrogen-bond donors (Lipinski definition) is 2. The summed E-state index contributed by atoms with van der Waals surface area (Å²) in [6.45, 7) is 0.289. The van der Waals surface area contributed by atoms with Crippen LogP contribution in [0.3, 0.4) is 0 Å². The molecule has 1 amide bonds. The van der Waals surface area contributed by atoms with E-state index in [-0.39, 0.29) is 12.5 Å². The summed E-state index contributed by atoms with van der Waals surface area (Å²) >= 11 is 0. The molecule has 3 N–H and O–H groups in total. The van der Waals surface area contributed by atoms with Gasteiger partial charge in [-0.2, -0.15) is 0 Å². The predicted molar refractivity (Wildman–Crippen MR) is 79.6 cm³/mol. The molecule has 110 valence electrons. The Balaban J connectivity index is 2.19. The van der Waals surface area contributed by atoms with Gasteiger partial charge in [0, 0.05) is 30.1 Å². The number of carbonyl (C=O) groups is 1. The Bertz CT molecular complexity index is 644. The van der Waals surface area contributed by atoms with Gasteiger partial charge in [0.1, 0.15) is 0 Å². The smallest absolute Gasteiger partial charge is 0.255 e. The van der Waals surface area contributed by atoms with Crippen LogP contribution in [0.2, 0.25) is 0 Å². The summed E-state index contributed by atoms with van der Waals surface area (Å²) in [5, 5.41) is 2.79. The highest BCUT2D eigenvalue weighted by atomic mass is 16.5. The fourth-order valence-corrected chi connectivity index (χ4v) is 1.85. The monoisotopic (exact) mass is 287 g/mol. The van der Waals surface area contributed by atoms with Gasteiger partial charge in [0.2, 0.25) is 0 Å². The molecular weight excluding hydrogens is 270 g/mol. The van der Waals surface area contributed by atoms with Gasteiger partial charge in [-0.3, -0.25) is 9.78 Å². The molecular formula is C15H17N3O3. The number of pyridine rings is 1. The van der Waals surface area contributed by atoms with Crippen molar-refractivity contribution in [3.8, 4) is 11.5 Å². The number of carbonyl (C=O) groups excluding carboxylic acids is 1. The van der Waals surface area contributed by atoms with Gasteiger partial charge in [0.25, 0.3) is 5.91 Å². The number of aromatic nitrogens is 1. The van der Waals surface area contributed by atoms with Crippen LogP contribution < -0.4 is 20.5 Å². The SMILES string of the molecule is COc1ccc(NC(=O)c2ccnc(CN)c2)cc1OC. The third-order valence-corrected chi connectivity index (χ3v) is 2.93. The van der Waals surface area contributed by atoms with Crippen molar-refractivity contribution < 1.29 is 14.3 Å². The molecule has 2 aromatic rings. The van der Waals surface area contributed by atoms with Crippen LogP contribution in [0.4, 0.5) is 5.69 Å². The molecule has 6 nitrogen and oxygen atoms in total. The van der Waals surface area contributed by atoms with Crippen molar-refractivity contribution in [1.29, 1.82) is 0 Å². The Morgan fingerprint density at radius 1 is 1.19 bits per heavy atom. The molecule has 0 saturated heterocycles. The lowest BCUT2D eigenvalue weighted by Gasteiger charge is -2.10. The standard InChI is InChI=1S/C15H17N3O3/c1-20-13-4-3-11(8-14(13)21-2)18-15(19)10-5-6-17-12(7-10)9-16/h3-8H,9,16H2,1-2H3,(H,18,19). The van der Waals surface area contributed by atoms with Crippen molar-refractivity contribution in [1.82, 2.24) is 4.98 Å². The maximum atomic E-state index is 12.2. The highest BCUT2D eigenvalue weighted by molar-refractivity contribution is 6.04. The Hall–Kier alpha value is -2.60. The van der Waals surface area contributed by atoms with E-state index < -0.39 is 0 Å². The first kappa shape index (κ1) is 14.8. The van der Waals surface area contributed by atoms with E-state index in [2.05, 4.69) is 10.3 Å². The molecule has 21 heavy (non-hydrogen) atoms. The van der Waals surface area contributed by atoms with E-state index in [0.29, 0.717) is 28.4 Å². The maximum absolute atomic E-state index is 12.2. The summed E-state index contributed by atoms with van der Waals surface area (Å²) in [5.74, 6) is 0.914. The fourth-order valence-electron chi connectivity index (χ4n) is 1.85. The van der Waals surface area contributed by atoms with Gasteiger partial charge in [0.15, 0.2) is 11.5 Å². The minimum Gasteiger partial charge on any atom is -0.493 e. The van der Waals surface area contributed by atoms with Crippen molar-refractivity contribution in [3.63, 3.8) is 0 Å². The summed E-state index contributed by atoms with van der Waals surface area (Å²) in [6, 6.07) is 8.46. The van der Waals surface area contributed by atoms with E-state index in [4.69, 9.17) is 15.2 Å². The number of hydrogen-bond acceptors (Lipinski definition) is 5. The number of benzene rings is 1. The van der Waals surface area contributed by atoms with Crippen LogP contribution in [-0.4, -0.2) is 25.1 Å². The van der Waals surface area contributed by atoms with Gasteiger partial charge < -0.3 is 20.5 Å². The van der Waals surface area contributed by atoms with Gasteiger partial charge in [-0.1, -0.05) is 0 Å². The van der Waals surface area contributed by atoms with Crippen molar-refractivity contribution in [3.05, 3.63) is 47.8 Å². The molecule has 1 aromatic carbocycles. The second kappa shape index (κ2) is 6.71. The van der Waals surface area contributed by atoms with Gasteiger partial charge in [-0.15, -0.1) is 0 Å². The molecule has 0 aliphatic rings. The zero-order valence-corrected chi connectivity index (χ0v) is 11.9. The highest BCUT2D eigenvalue weighted by Gasteiger charge is 2.09. The minimum absolute atomic E-state index is 0.237. The van der Waals surface area contributed by atoms with E-state index in [0.717, 1.165) is 0 Å². The van der Waals surface area contributed by atoms with Gasteiger partial charge in [-0.25, -0.2) is 0 Å². The number of rotatable bonds is 5. The molecule has 0 spiro atoms. The van der Waals surface area contributed by atoms with Crippen LogP contribution in [0.25, 0.3) is 0 Å².